The smallest absolute Gasteiger partial charge is 0.445 e. The minimum absolute atomic E-state index is 0.176. The van der Waals surface area contributed by atoms with Gasteiger partial charge in [-0.05, 0) is 44.8 Å². The highest BCUT2D eigenvalue weighted by Crippen LogP contribution is 2.38. The van der Waals surface area contributed by atoms with Crippen LogP contribution in [0.15, 0.2) is 54.1 Å². The second kappa shape index (κ2) is 9.21. The molecule has 0 spiro atoms. The van der Waals surface area contributed by atoms with Crippen LogP contribution in [0.3, 0.4) is 0 Å². The van der Waals surface area contributed by atoms with E-state index in [4.69, 9.17) is 25.6 Å². The molecule has 0 atom stereocenters. The van der Waals surface area contributed by atoms with E-state index in [0.29, 0.717) is 16.2 Å². The third-order valence-corrected chi connectivity index (χ3v) is 5.65. The lowest BCUT2D eigenvalue weighted by Crippen LogP contribution is -2.41. The standard InChI is InChI=1S/C22H26BClN2O4/c1-21(2)22(3,4)30-23(29-21)18(13-17-11-8-12-25-19(17)24)14-26-20(27)28-15-16-9-6-5-7-10-16/h5-13H,14-15H2,1-4H3,(H,26,27). The van der Waals surface area contributed by atoms with E-state index in [2.05, 4.69) is 10.3 Å². The highest BCUT2D eigenvalue weighted by Gasteiger charge is 2.52. The van der Waals surface area contributed by atoms with Crippen LogP contribution in [-0.4, -0.2) is 35.9 Å². The Kier molecular flexibility index (Phi) is 6.86. The third-order valence-electron chi connectivity index (χ3n) is 5.33. The van der Waals surface area contributed by atoms with Crippen LogP contribution in [0.4, 0.5) is 4.79 Å². The number of hydrogen-bond acceptors (Lipinski definition) is 5. The first-order chi connectivity index (χ1) is 14.2. The molecule has 8 heteroatoms. The molecule has 1 fully saturated rings. The van der Waals surface area contributed by atoms with Gasteiger partial charge in [-0.25, -0.2) is 9.78 Å². The second-order valence-corrected chi connectivity index (χ2v) is 8.46. The number of carbonyl (C=O) groups excluding carboxylic acids is 1. The molecule has 2 aromatic rings. The SMILES string of the molecule is CC1(C)OB(C(=Cc2cccnc2Cl)CNC(=O)OCc2ccccc2)OC1(C)C. The van der Waals surface area contributed by atoms with Gasteiger partial charge in [-0.15, -0.1) is 0 Å². The first-order valence-electron chi connectivity index (χ1n) is 9.79. The number of benzene rings is 1. The lowest BCUT2D eigenvalue weighted by atomic mass is 9.77. The van der Waals surface area contributed by atoms with E-state index in [1.807, 2.05) is 70.2 Å². The zero-order chi connectivity index (χ0) is 21.8. The molecule has 1 aromatic heterocycles. The topological polar surface area (TPSA) is 69.7 Å². The van der Waals surface area contributed by atoms with Crippen molar-refractivity contribution in [3.8, 4) is 0 Å². The van der Waals surface area contributed by atoms with Gasteiger partial charge in [0.25, 0.3) is 0 Å². The van der Waals surface area contributed by atoms with Crippen LogP contribution < -0.4 is 5.32 Å². The van der Waals surface area contributed by atoms with Gasteiger partial charge in [0.1, 0.15) is 11.8 Å². The molecule has 6 nitrogen and oxygen atoms in total. The number of halogens is 1. The number of amides is 1. The molecular formula is C22H26BClN2O4. The largest absolute Gasteiger partial charge is 0.492 e. The van der Waals surface area contributed by atoms with Crippen molar-refractivity contribution in [2.24, 2.45) is 0 Å². The van der Waals surface area contributed by atoms with Crippen molar-refractivity contribution >= 4 is 30.9 Å². The number of hydrogen-bond donors (Lipinski definition) is 1. The van der Waals surface area contributed by atoms with Crippen molar-refractivity contribution < 1.29 is 18.8 Å². The summed E-state index contributed by atoms with van der Waals surface area (Å²) < 4.78 is 17.6. The highest BCUT2D eigenvalue weighted by atomic mass is 35.5. The Balaban J connectivity index is 1.72. The Hall–Kier alpha value is -2.35. The maximum absolute atomic E-state index is 12.2. The van der Waals surface area contributed by atoms with Crippen LogP contribution >= 0.6 is 11.6 Å². The van der Waals surface area contributed by atoms with Gasteiger partial charge in [0.15, 0.2) is 0 Å². The summed E-state index contributed by atoms with van der Waals surface area (Å²) >= 11 is 6.22. The zero-order valence-electron chi connectivity index (χ0n) is 17.6. The van der Waals surface area contributed by atoms with E-state index in [1.54, 1.807) is 12.3 Å². The van der Waals surface area contributed by atoms with E-state index < -0.39 is 24.4 Å². The fraction of sp³-hybridized carbons (Fsp3) is 0.364. The van der Waals surface area contributed by atoms with Crippen molar-refractivity contribution in [3.63, 3.8) is 0 Å². The molecule has 0 radical (unpaired) electrons. The maximum atomic E-state index is 12.2. The first-order valence-corrected chi connectivity index (χ1v) is 10.2. The summed E-state index contributed by atoms with van der Waals surface area (Å²) in [6, 6.07) is 13.1. The lowest BCUT2D eigenvalue weighted by molar-refractivity contribution is 0.00578. The molecule has 1 aromatic carbocycles. The summed E-state index contributed by atoms with van der Waals surface area (Å²) in [5, 5.41) is 3.13. The monoisotopic (exact) mass is 428 g/mol. The van der Waals surface area contributed by atoms with E-state index in [1.165, 1.54) is 0 Å². The average Bonchev–Trinajstić information content (AvgIpc) is 2.92. The second-order valence-electron chi connectivity index (χ2n) is 8.11. The number of ether oxygens (including phenoxy) is 1. The Labute approximate surface area is 182 Å². The zero-order valence-corrected chi connectivity index (χ0v) is 18.4. The minimum Gasteiger partial charge on any atom is -0.445 e. The van der Waals surface area contributed by atoms with E-state index in [9.17, 15) is 4.79 Å². The summed E-state index contributed by atoms with van der Waals surface area (Å²) in [6.07, 6.45) is 2.92. The van der Waals surface area contributed by atoms with Crippen LogP contribution in [-0.2, 0) is 20.7 Å². The molecule has 158 valence electrons. The van der Waals surface area contributed by atoms with Gasteiger partial charge < -0.3 is 19.4 Å². The minimum atomic E-state index is -0.638. The lowest BCUT2D eigenvalue weighted by Gasteiger charge is -2.32. The predicted octanol–water partition coefficient (Wildman–Crippen LogP) is 4.68. The Morgan fingerprint density at radius 1 is 1.13 bits per heavy atom. The highest BCUT2D eigenvalue weighted by molar-refractivity contribution is 6.56. The molecule has 1 amide bonds. The molecule has 1 aliphatic rings. The number of pyridine rings is 1. The van der Waals surface area contributed by atoms with Crippen LogP contribution in [0.5, 0.6) is 0 Å². The van der Waals surface area contributed by atoms with Crippen molar-refractivity contribution in [3.05, 3.63) is 70.4 Å². The molecule has 30 heavy (non-hydrogen) atoms. The Morgan fingerprint density at radius 2 is 1.80 bits per heavy atom. The predicted molar refractivity (Wildman–Crippen MR) is 118 cm³/mol. The number of carbonyl (C=O) groups is 1. The Bertz CT molecular complexity index is 902. The van der Waals surface area contributed by atoms with E-state index >= 15 is 0 Å². The van der Waals surface area contributed by atoms with E-state index in [0.717, 1.165) is 5.56 Å². The summed E-state index contributed by atoms with van der Waals surface area (Å²) in [6.45, 7) is 8.27. The molecular weight excluding hydrogens is 403 g/mol. The summed E-state index contributed by atoms with van der Waals surface area (Å²) in [7, 11) is -0.638. The van der Waals surface area contributed by atoms with Gasteiger partial charge in [0, 0.05) is 18.3 Å². The van der Waals surface area contributed by atoms with Gasteiger partial charge in [0.05, 0.1) is 11.2 Å². The van der Waals surface area contributed by atoms with Crippen LogP contribution in [0.1, 0.15) is 38.8 Å². The van der Waals surface area contributed by atoms with Crippen LogP contribution in [0.25, 0.3) is 6.08 Å². The van der Waals surface area contributed by atoms with E-state index in [-0.39, 0.29) is 13.2 Å². The molecule has 1 saturated heterocycles. The van der Waals surface area contributed by atoms with Crippen molar-refractivity contribution in [1.29, 1.82) is 0 Å². The molecule has 2 heterocycles. The normalized spacial score (nSPS) is 17.6. The quantitative estimate of drug-likeness (QED) is 0.534. The maximum Gasteiger partial charge on any atom is 0.492 e. The average molecular weight is 429 g/mol. The number of nitrogens with zero attached hydrogens (tertiary/aromatic N) is 1. The number of rotatable bonds is 6. The van der Waals surface area contributed by atoms with Gasteiger partial charge in [-0.2, -0.15) is 0 Å². The summed E-state index contributed by atoms with van der Waals surface area (Å²) in [4.78, 5) is 16.3. The fourth-order valence-electron chi connectivity index (χ4n) is 2.85. The molecule has 1 N–H and O–H groups in total. The van der Waals surface area contributed by atoms with Crippen LogP contribution in [0, 0.1) is 0 Å². The first kappa shape index (κ1) is 22.3. The molecule has 0 bridgehead atoms. The van der Waals surface area contributed by atoms with Gasteiger partial charge in [-0.3, -0.25) is 0 Å². The Morgan fingerprint density at radius 3 is 2.43 bits per heavy atom. The third kappa shape index (κ3) is 5.42. The van der Waals surface area contributed by atoms with Crippen LogP contribution in [0.2, 0.25) is 5.15 Å². The molecule has 0 saturated carbocycles. The van der Waals surface area contributed by atoms with Crippen molar-refractivity contribution in [2.75, 3.05) is 6.54 Å². The number of nitrogens with one attached hydrogen (secondary N) is 1. The van der Waals surface area contributed by atoms with Gasteiger partial charge in [0.2, 0.25) is 0 Å². The van der Waals surface area contributed by atoms with Gasteiger partial charge >= 0.3 is 13.2 Å². The molecule has 0 aliphatic carbocycles. The number of alkyl carbamates (subject to hydrolysis) is 1. The summed E-state index contributed by atoms with van der Waals surface area (Å²) in [5.74, 6) is 0. The fourth-order valence-corrected chi connectivity index (χ4v) is 3.02. The summed E-state index contributed by atoms with van der Waals surface area (Å²) in [5.41, 5.74) is 1.31. The van der Waals surface area contributed by atoms with Gasteiger partial charge in [-0.1, -0.05) is 54.1 Å². The van der Waals surface area contributed by atoms with Crippen molar-refractivity contribution in [2.45, 2.75) is 45.5 Å². The molecule has 1 aliphatic heterocycles. The van der Waals surface area contributed by atoms with Crippen molar-refractivity contribution in [1.82, 2.24) is 10.3 Å². The molecule has 0 unspecified atom stereocenters. The number of aromatic nitrogens is 1. The molecule has 3 rings (SSSR count).